The Labute approximate surface area is 152 Å². The lowest BCUT2D eigenvalue weighted by molar-refractivity contribution is -0.113. The van der Waals surface area contributed by atoms with Crippen LogP contribution < -0.4 is 5.73 Å². The van der Waals surface area contributed by atoms with E-state index in [1.807, 2.05) is 36.4 Å². The molecule has 0 saturated heterocycles. The van der Waals surface area contributed by atoms with Gasteiger partial charge < -0.3 is 10.5 Å². The molecule has 26 heavy (non-hydrogen) atoms. The Morgan fingerprint density at radius 1 is 1.12 bits per heavy atom. The maximum atomic E-state index is 11.8. The Balaban J connectivity index is 1.96. The molecule has 3 rings (SSSR count). The maximum Gasteiger partial charge on any atom is 0.338 e. The molecule has 2 N–H and O–H groups in total. The van der Waals surface area contributed by atoms with E-state index in [1.54, 1.807) is 19.1 Å². The second kappa shape index (κ2) is 7.35. The van der Waals surface area contributed by atoms with Gasteiger partial charge >= 0.3 is 5.97 Å². The first-order valence-corrected chi connectivity index (χ1v) is 8.44. The van der Waals surface area contributed by atoms with Crippen molar-refractivity contribution in [3.05, 3.63) is 59.2 Å². The van der Waals surface area contributed by atoms with Gasteiger partial charge in [-0.15, -0.1) is 0 Å². The Kier molecular flexibility index (Phi) is 4.98. The number of esters is 1. The van der Waals surface area contributed by atoms with Crippen LogP contribution in [0.2, 0.25) is 0 Å². The van der Waals surface area contributed by atoms with Gasteiger partial charge in [-0.2, -0.15) is 0 Å². The molecule has 5 heteroatoms. The van der Waals surface area contributed by atoms with Gasteiger partial charge in [0.25, 0.3) is 0 Å². The van der Waals surface area contributed by atoms with Crippen LogP contribution in [0.25, 0.3) is 17.2 Å². The van der Waals surface area contributed by atoms with E-state index in [1.165, 1.54) is 6.92 Å². The number of aliphatic imine (C=N–C) groups is 1. The van der Waals surface area contributed by atoms with E-state index in [0.29, 0.717) is 30.0 Å². The number of rotatable bonds is 4. The summed E-state index contributed by atoms with van der Waals surface area (Å²) in [6.07, 6.45) is 2.20. The summed E-state index contributed by atoms with van der Waals surface area (Å²) in [5, 5.41) is 0. The van der Waals surface area contributed by atoms with Crippen LogP contribution in [0.15, 0.2) is 53.0 Å². The molecule has 0 bridgehead atoms. The van der Waals surface area contributed by atoms with Crippen molar-refractivity contribution in [2.75, 3.05) is 6.61 Å². The van der Waals surface area contributed by atoms with Crippen molar-refractivity contribution in [1.82, 2.24) is 0 Å². The number of hydrogen-bond donors (Lipinski definition) is 1. The monoisotopic (exact) mass is 348 g/mol. The molecule has 132 valence electrons. The average molecular weight is 348 g/mol. The van der Waals surface area contributed by atoms with Crippen molar-refractivity contribution < 1.29 is 14.3 Å². The first-order chi connectivity index (χ1) is 12.5. The van der Waals surface area contributed by atoms with Gasteiger partial charge in [0.1, 0.15) is 5.84 Å². The highest BCUT2D eigenvalue weighted by atomic mass is 16.5. The topological polar surface area (TPSA) is 81.8 Å². The normalized spacial score (nSPS) is 13.2. The predicted octanol–water partition coefficient (Wildman–Crippen LogP) is 3.90. The summed E-state index contributed by atoms with van der Waals surface area (Å²) in [5.41, 5.74) is 10.6. The van der Waals surface area contributed by atoms with Crippen molar-refractivity contribution in [3.63, 3.8) is 0 Å². The van der Waals surface area contributed by atoms with Crippen LogP contribution in [0.1, 0.15) is 36.2 Å². The number of carbonyl (C=O) groups is 2. The average Bonchev–Trinajstić information content (AvgIpc) is 2.79. The second-order valence-corrected chi connectivity index (χ2v) is 6.08. The molecular formula is C21H20N2O3. The number of fused-ring (bicyclic) bond motifs is 1. The first kappa shape index (κ1) is 17.6. The van der Waals surface area contributed by atoms with Gasteiger partial charge in [-0.3, -0.25) is 4.79 Å². The van der Waals surface area contributed by atoms with Crippen LogP contribution in [0.4, 0.5) is 5.69 Å². The Morgan fingerprint density at radius 3 is 2.46 bits per heavy atom. The molecule has 5 nitrogen and oxygen atoms in total. The molecule has 1 aliphatic heterocycles. The maximum absolute atomic E-state index is 11.8. The third-order valence-corrected chi connectivity index (χ3v) is 4.18. The molecule has 0 radical (unpaired) electrons. The number of carbonyl (C=O) groups excluding carboxylic acids is 2. The zero-order valence-electron chi connectivity index (χ0n) is 14.8. The molecule has 0 atom stereocenters. The standard InChI is InChI=1S/C21H20N2O3/c1-3-26-21(25)15-6-4-14(5-7-15)16-8-9-17-10-18(13(2)24)12-20(22)23-19(17)11-16/h4-11H,3,12H2,1-2H3,(H2,22,23). The van der Waals surface area contributed by atoms with Crippen molar-refractivity contribution in [2.24, 2.45) is 10.7 Å². The van der Waals surface area contributed by atoms with E-state index >= 15 is 0 Å². The number of ketones is 1. The highest BCUT2D eigenvalue weighted by Crippen LogP contribution is 2.31. The van der Waals surface area contributed by atoms with Crippen LogP contribution >= 0.6 is 0 Å². The van der Waals surface area contributed by atoms with E-state index < -0.39 is 0 Å². The summed E-state index contributed by atoms with van der Waals surface area (Å²) in [7, 11) is 0. The van der Waals surface area contributed by atoms with E-state index in [0.717, 1.165) is 22.4 Å². The van der Waals surface area contributed by atoms with Crippen LogP contribution in [-0.4, -0.2) is 24.2 Å². The molecule has 0 saturated carbocycles. The number of amidine groups is 1. The minimum atomic E-state index is -0.333. The second-order valence-electron chi connectivity index (χ2n) is 6.08. The largest absolute Gasteiger partial charge is 0.462 e. The quantitative estimate of drug-likeness (QED) is 0.850. The molecule has 0 aromatic heterocycles. The Bertz CT molecular complexity index is 925. The minimum Gasteiger partial charge on any atom is -0.462 e. The van der Waals surface area contributed by atoms with E-state index in [-0.39, 0.29) is 11.8 Å². The fourth-order valence-corrected chi connectivity index (χ4v) is 2.81. The molecule has 0 fully saturated rings. The van der Waals surface area contributed by atoms with Gasteiger partial charge in [0.15, 0.2) is 5.78 Å². The lowest BCUT2D eigenvalue weighted by Crippen LogP contribution is -2.13. The van der Waals surface area contributed by atoms with Crippen molar-refractivity contribution >= 4 is 29.4 Å². The smallest absolute Gasteiger partial charge is 0.338 e. The zero-order chi connectivity index (χ0) is 18.7. The zero-order valence-corrected chi connectivity index (χ0v) is 14.8. The van der Waals surface area contributed by atoms with Gasteiger partial charge in [0.2, 0.25) is 0 Å². The highest BCUT2D eigenvalue weighted by Gasteiger charge is 2.14. The van der Waals surface area contributed by atoms with Gasteiger partial charge in [-0.05, 0) is 49.2 Å². The molecule has 0 unspecified atom stereocenters. The molecular weight excluding hydrogens is 328 g/mol. The minimum absolute atomic E-state index is 0.00497. The number of ether oxygens (including phenoxy) is 1. The van der Waals surface area contributed by atoms with Crippen molar-refractivity contribution in [1.29, 1.82) is 0 Å². The fourth-order valence-electron chi connectivity index (χ4n) is 2.81. The van der Waals surface area contributed by atoms with Crippen LogP contribution in [0.5, 0.6) is 0 Å². The van der Waals surface area contributed by atoms with E-state index in [9.17, 15) is 9.59 Å². The highest BCUT2D eigenvalue weighted by molar-refractivity contribution is 6.05. The Hall–Kier alpha value is -3.21. The molecule has 0 aliphatic carbocycles. The molecule has 1 heterocycles. The van der Waals surface area contributed by atoms with E-state index in [2.05, 4.69) is 4.99 Å². The molecule has 2 aromatic rings. The van der Waals surface area contributed by atoms with Crippen LogP contribution in [0, 0.1) is 0 Å². The van der Waals surface area contributed by atoms with Gasteiger partial charge in [-0.25, -0.2) is 9.79 Å². The Morgan fingerprint density at radius 2 is 1.81 bits per heavy atom. The summed E-state index contributed by atoms with van der Waals surface area (Å²) in [5.74, 6) is 0.0786. The van der Waals surface area contributed by atoms with Crippen LogP contribution in [0.3, 0.4) is 0 Å². The summed E-state index contributed by atoms with van der Waals surface area (Å²) in [6, 6.07) is 13.0. The van der Waals surface area contributed by atoms with Gasteiger partial charge in [0.05, 0.1) is 17.9 Å². The lowest BCUT2D eigenvalue weighted by Gasteiger charge is -2.07. The number of nitrogens with two attached hydrogens (primary N) is 1. The fraction of sp³-hybridized carbons (Fsp3) is 0.190. The van der Waals surface area contributed by atoms with Gasteiger partial charge in [-0.1, -0.05) is 24.3 Å². The third-order valence-electron chi connectivity index (χ3n) is 4.18. The molecule has 2 aromatic carbocycles. The molecule has 0 amide bonds. The van der Waals surface area contributed by atoms with E-state index in [4.69, 9.17) is 10.5 Å². The number of nitrogens with zero attached hydrogens (tertiary/aromatic N) is 1. The molecule has 1 aliphatic rings. The number of Topliss-reactive ketones (excluding diaryl/α,β-unsaturated/α-hetero) is 1. The van der Waals surface area contributed by atoms with Crippen molar-refractivity contribution in [2.45, 2.75) is 20.3 Å². The first-order valence-electron chi connectivity index (χ1n) is 8.44. The van der Waals surface area contributed by atoms with Crippen molar-refractivity contribution in [3.8, 4) is 11.1 Å². The summed E-state index contributed by atoms with van der Waals surface area (Å²) in [4.78, 5) is 27.9. The summed E-state index contributed by atoms with van der Waals surface area (Å²) < 4.78 is 5.00. The van der Waals surface area contributed by atoms with Gasteiger partial charge in [0, 0.05) is 17.6 Å². The SMILES string of the molecule is CCOC(=O)c1ccc(-c2ccc3c(c2)N=C(N)CC(C(C)=O)=C3)cc1. The predicted molar refractivity (Wildman–Crippen MR) is 102 cm³/mol. The molecule has 0 spiro atoms. The summed E-state index contributed by atoms with van der Waals surface area (Å²) >= 11 is 0. The van der Waals surface area contributed by atoms with Crippen LogP contribution in [-0.2, 0) is 9.53 Å². The lowest BCUT2D eigenvalue weighted by atomic mass is 9.99. The number of benzene rings is 2. The third kappa shape index (κ3) is 3.72. The number of hydrogen-bond acceptors (Lipinski definition) is 5. The summed E-state index contributed by atoms with van der Waals surface area (Å²) in [6.45, 7) is 3.66.